The van der Waals surface area contributed by atoms with E-state index >= 15 is 0 Å². The molecule has 0 amide bonds. The number of benzene rings is 1. The molecule has 2 N–H and O–H groups in total. The second-order valence-electron chi connectivity index (χ2n) is 8.86. The number of aliphatic imine (C=N–C) groups is 1. The molecular formula is C25H43IN4O2. The summed E-state index contributed by atoms with van der Waals surface area (Å²) in [6.45, 7) is 12.5. The van der Waals surface area contributed by atoms with E-state index in [1.165, 1.54) is 36.9 Å². The van der Waals surface area contributed by atoms with Gasteiger partial charge in [0.05, 0.1) is 19.8 Å². The predicted octanol–water partition coefficient (Wildman–Crippen LogP) is 4.18. The number of halogens is 1. The molecule has 0 radical (unpaired) electrons. The van der Waals surface area contributed by atoms with Crippen molar-refractivity contribution in [1.82, 2.24) is 15.5 Å². The summed E-state index contributed by atoms with van der Waals surface area (Å²) < 4.78 is 11.2. The maximum Gasteiger partial charge on any atom is 0.191 e. The first-order valence-corrected chi connectivity index (χ1v) is 12.2. The third-order valence-corrected chi connectivity index (χ3v) is 6.32. The fourth-order valence-electron chi connectivity index (χ4n) is 4.33. The lowest BCUT2D eigenvalue weighted by Crippen LogP contribution is -2.38. The third-order valence-electron chi connectivity index (χ3n) is 6.32. The molecule has 2 atom stereocenters. The van der Waals surface area contributed by atoms with Crippen molar-refractivity contribution in [2.24, 2.45) is 10.9 Å². The summed E-state index contributed by atoms with van der Waals surface area (Å²) >= 11 is 0. The van der Waals surface area contributed by atoms with E-state index in [9.17, 15) is 0 Å². The van der Waals surface area contributed by atoms with E-state index in [1.807, 2.05) is 0 Å². The van der Waals surface area contributed by atoms with Crippen LogP contribution in [0.1, 0.15) is 57.1 Å². The van der Waals surface area contributed by atoms with Crippen LogP contribution in [-0.2, 0) is 22.6 Å². The number of nitrogens with zero attached hydrogens (tertiary/aromatic N) is 2. The molecule has 2 heterocycles. The van der Waals surface area contributed by atoms with Gasteiger partial charge in [-0.05, 0) is 57.2 Å². The van der Waals surface area contributed by atoms with Gasteiger partial charge in [0.2, 0.25) is 0 Å². The average molecular weight is 559 g/mol. The molecular weight excluding hydrogens is 515 g/mol. The maximum absolute atomic E-state index is 5.80. The Morgan fingerprint density at radius 2 is 2.03 bits per heavy atom. The third kappa shape index (κ3) is 9.53. The van der Waals surface area contributed by atoms with Crippen molar-refractivity contribution in [2.75, 3.05) is 46.1 Å². The van der Waals surface area contributed by atoms with E-state index < -0.39 is 0 Å². The van der Waals surface area contributed by atoms with E-state index in [0.29, 0.717) is 18.5 Å². The van der Waals surface area contributed by atoms with Gasteiger partial charge in [-0.2, -0.15) is 0 Å². The molecule has 7 heteroatoms. The quantitative estimate of drug-likeness (QED) is 0.185. The van der Waals surface area contributed by atoms with Crippen molar-refractivity contribution in [3.63, 3.8) is 0 Å². The fraction of sp³-hybridized carbons (Fsp3) is 0.720. The molecule has 6 nitrogen and oxygen atoms in total. The molecule has 1 aromatic rings. The van der Waals surface area contributed by atoms with E-state index in [0.717, 1.165) is 64.9 Å². The van der Waals surface area contributed by atoms with Gasteiger partial charge >= 0.3 is 0 Å². The number of nitrogens with one attached hydrogen (secondary N) is 2. The van der Waals surface area contributed by atoms with Crippen LogP contribution >= 0.6 is 24.0 Å². The van der Waals surface area contributed by atoms with Crippen LogP contribution in [0.4, 0.5) is 0 Å². The molecule has 0 spiro atoms. The van der Waals surface area contributed by atoms with Crippen LogP contribution in [0.15, 0.2) is 29.3 Å². The minimum atomic E-state index is 0. The Hall–Kier alpha value is -0.900. The van der Waals surface area contributed by atoms with E-state index in [2.05, 4.69) is 53.6 Å². The van der Waals surface area contributed by atoms with Crippen LogP contribution in [-0.4, -0.2) is 63.0 Å². The summed E-state index contributed by atoms with van der Waals surface area (Å²) in [5.74, 6) is 1.47. The molecule has 0 saturated carbocycles. The van der Waals surface area contributed by atoms with Gasteiger partial charge in [0.1, 0.15) is 0 Å². The van der Waals surface area contributed by atoms with Crippen LogP contribution < -0.4 is 10.6 Å². The Bertz CT molecular complexity index is 667. The molecule has 2 saturated heterocycles. The van der Waals surface area contributed by atoms with Gasteiger partial charge in [0.25, 0.3) is 0 Å². The molecule has 0 bridgehead atoms. The second kappa shape index (κ2) is 15.9. The van der Waals surface area contributed by atoms with Crippen molar-refractivity contribution in [3.8, 4) is 0 Å². The van der Waals surface area contributed by atoms with E-state index in [4.69, 9.17) is 14.5 Å². The molecule has 2 fully saturated rings. The standard InChI is InChI=1S/C25H42N4O2.HI/c1-3-26-25(27-13-8-15-30-19-22-12-16-31-20-22)28-17-23-10-4-5-11-24(23)18-29-14-7-6-9-21(29)2;/h4-5,10-11,21-22H,3,6-9,12-20H2,1-2H3,(H2,26,27,28);1H. The highest BCUT2D eigenvalue weighted by Gasteiger charge is 2.19. The lowest BCUT2D eigenvalue weighted by atomic mass is 10.0. The largest absolute Gasteiger partial charge is 0.381 e. The van der Waals surface area contributed by atoms with Gasteiger partial charge in [-0.25, -0.2) is 4.99 Å². The summed E-state index contributed by atoms with van der Waals surface area (Å²) in [7, 11) is 0. The van der Waals surface area contributed by atoms with Crippen molar-refractivity contribution >= 4 is 29.9 Å². The molecule has 0 aliphatic carbocycles. The normalized spacial score (nSPS) is 21.9. The Kier molecular flexibility index (Phi) is 13.5. The number of hydrogen-bond donors (Lipinski definition) is 2. The van der Waals surface area contributed by atoms with Crippen LogP contribution in [0.25, 0.3) is 0 Å². The number of guanidine groups is 1. The zero-order valence-corrected chi connectivity index (χ0v) is 22.3. The number of ether oxygens (including phenoxy) is 2. The SMILES string of the molecule is CCNC(=NCc1ccccc1CN1CCCCC1C)NCCCOCC1CCOC1.I. The van der Waals surface area contributed by atoms with Crippen LogP contribution in [0.2, 0.25) is 0 Å². The molecule has 2 aliphatic rings. The number of rotatable bonds is 11. The van der Waals surface area contributed by atoms with Gasteiger partial charge in [-0.1, -0.05) is 30.7 Å². The summed E-state index contributed by atoms with van der Waals surface area (Å²) in [5, 5.41) is 6.82. The zero-order valence-electron chi connectivity index (χ0n) is 20.0. The molecule has 0 aromatic heterocycles. The van der Waals surface area contributed by atoms with E-state index in [1.54, 1.807) is 0 Å². The highest BCUT2D eigenvalue weighted by atomic mass is 127. The maximum atomic E-state index is 5.80. The Balaban J connectivity index is 0.00000363. The Morgan fingerprint density at radius 3 is 2.78 bits per heavy atom. The molecule has 2 aliphatic heterocycles. The second-order valence-corrected chi connectivity index (χ2v) is 8.86. The van der Waals surface area contributed by atoms with Crippen molar-refractivity contribution in [3.05, 3.63) is 35.4 Å². The van der Waals surface area contributed by atoms with Gasteiger partial charge in [-0.3, -0.25) is 4.90 Å². The predicted molar refractivity (Wildman–Crippen MR) is 143 cm³/mol. The summed E-state index contributed by atoms with van der Waals surface area (Å²) in [6, 6.07) is 9.43. The minimum Gasteiger partial charge on any atom is -0.381 e. The molecule has 182 valence electrons. The smallest absolute Gasteiger partial charge is 0.191 e. The van der Waals surface area contributed by atoms with Crippen LogP contribution in [0.5, 0.6) is 0 Å². The number of likely N-dealkylation sites (tertiary alicyclic amines) is 1. The van der Waals surface area contributed by atoms with E-state index in [-0.39, 0.29) is 24.0 Å². The van der Waals surface area contributed by atoms with Gasteiger partial charge in [-0.15, -0.1) is 24.0 Å². The zero-order chi connectivity index (χ0) is 21.7. The number of piperidine rings is 1. The lowest BCUT2D eigenvalue weighted by Gasteiger charge is -2.33. The average Bonchev–Trinajstić information content (AvgIpc) is 3.30. The molecule has 32 heavy (non-hydrogen) atoms. The topological polar surface area (TPSA) is 58.1 Å². The highest BCUT2D eigenvalue weighted by molar-refractivity contribution is 14.0. The molecule has 2 unspecified atom stereocenters. The highest BCUT2D eigenvalue weighted by Crippen LogP contribution is 2.21. The van der Waals surface area contributed by atoms with Gasteiger partial charge in [0.15, 0.2) is 5.96 Å². The Labute approximate surface area is 211 Å². The minimum absolute atomic E-state index is 0. The summed E-state index contributed by atoms with van der Waals surface area (Å²) in [5.41, 5.74) is 2.72. The fourth-order valence-corrected chi connectivity index (χ4v) is 4.33. The lowest BCUT2D eigenvalue weighted by molar-refractivity contribution is 0.0888. The number of hydrogen-bond acceptors (Lipinski definition) is 4. The van der Waals surface area contributed by atoms with Gasteiger partial charge in [0, 0.05) is 44.8 Å². The summed E-state index contributed by atoms with van der Waals surface area (Å²) in [6.07, 6.45) is 6.10. The van der Waals surface area contributed by atoms with Crippen LogP contribution in [0.3, 0.4) is 0 Å². The van der Waals surface area contributed by atoms with Gasteiger partial charge < -0.3 is 20.1 Å². The first kappa shape index (κ1) is 27.3. The first-order valence-electron chi connectivity index (χ1n) is 12.2. The molecule has 3 rings (SSSR count). The van der Waals surface area contributed by atoms with Crippen molar-refractivity contribution in [2.45, 2.75) is 65.1 Å². The Morgan fingerprint density at radius 1 is 1.19 bits per heavy atom. The van der Waals surface area contributed by atoms with Crippen molar-refractivity contribution < 1.29 is 9.47 Å². The molecule has 1 aromatic carbocycles. The summed E-state index contributed by atoms with van der Waals surface area (Å²) in [4.78, 5) is 7.47. The van der Waals surface area contributed by atoms with Crippen molar-refractivity contribution in [1.29, 1.82) is 0 Å². The monoisotopic (exact) mass is 558 g/mol. The first-order chi connectivity index (χ1) is 15.3. The van der Waals surface area contributed by atoms with Crippen LogP contribution in [0, 0.1) is 5.92 Å².